The lowest BCUT2D eigenvalue weighted by Crippen LogP contribution is -1.88. The molecule has 1 aromatic carbocycles. The average Bonchev–Trinajstić information content (AvgIpc) is 2.70. The predicted molar refractivity (Wildman–Crippen MR) is 64.8 cm³/mol. The first-order valence-corrected chi connectivity index (χ1v) is 5.16. The average molecular weight is 249 g/mol. The van der Waals surface area contributed by atoms with Gasteiger partial charge in [0.1, 0.15) is 23.6 Å². The summed E-state index contributed by atoms with van der Waals surface area (Å²) in [6.45, 7) is 0. The molecule has 17 heavy (non-hydrogen) atoms. The number of halogens is 1. The van der Waals surface area contributed by atoms with Crippen molar-refractivity contribution in [3.8, 4) is 22.9 Å². The van der Waals surface area contributed by atoms with Crippen LogP contribution < -0.4 is 10.5 Å². The maximum atomic E-state index is 8.98. The van der Waals surface area contributed by atoms with Crippen molar-refractivity contribution < 1.29 is 9.15 Å². The highest BCUT2D eigenvalue weighted by atomic mass is 35.5. The molecule has 2 rings (SSSR count). The normalized spacial score (nSPS) is 9.94. The first kappa shape index (κ1) is 11.4. The fourth-order valence-corrected chi connectivity index (χ4v) is 1.80. The highest BCUT2D eigenvalue weighted by Gasteiger charge is 2.15. The number of hydrogen-bond donors (Lipinski definition) is 1. The van der Waals surface area contributed by atoms with Crippen molar-refractivity contribution in [3.63, 3.8) is 0 Å². The summed E-state index contributed by atoms with van der Waals surface area (Å²) in [5.74, 6) is 0.739. The highest BCUT2D eigenvalue weighted by molar-refractivity contribution is 6.33. The molecule has 0 aliphatic heterocycles. The first-order chi connectivity index (χ1) is 8.17. The van der Waals surface area contributed by atoms with E-state index in [2.05, 4.69) is 0 Å². The van der Waals surface area contributed by atoms with Crippen molar-refractivity contribution in [3.05, 3.63) is 35.0 Å². The van der Waals surface area contributed by atoms with Crippen LogP contribution in [0.4, 0.5) is 5.88 Å². The van der Waals surface area contributed by atoms with E-state index in [1.807, 2.05) is 6.07 Å². The second-order valence-corrected chi connectivity index (χ2v) is 3.75. The van der Waals surface area contributed by atoms with Gasteiger partial charge in [-0.15, -0.1) is 0 Å². The number of furan rings is 1. The molecule has 0 unspecified atom stereocenters. The van der Waals surface area contributed by atoms with Crippen molar-refractivity contribution in [2.24, 2.45) is 0 Å². The van der Waals surface area contributed by atoms with E-state index in [1.54, 1.807) is 25.3 Å². The quantitative estimate of drug-likeness (QED) is 0.887. The third-order valence-electron chi connectivity index (χ3n) is 2.40. The summed E-state index contributed by atoms with van der Waals surface area (Å²) < 4.78 is 10.1. The lowest BCUT2D eigenvalue weighted by molar-refractivity contribution is 0.415. The van der Waals surface area contributed by atoms with Crippen LogP contribution in [-0.4, -0.2) is 7.11 Å². The van der Waals surface area contributed by atoms with Crippen LogP contribution in [0.25, 0.3) is 11.1 Å². The number of rotatable bonds is 2. The Balaban J connectivity index is 2.58. The second kappa shape index (κ2) is 4.40. The smallest absolute Gasteiger partial charge is 0.208 e. The van der Waals surface area contributed by atoms with Gasteiger partial charge in [-0.2, -0.15) is 5.26 Å². The number of hydrogen-bond acceptors (Lipinski definition) is 4. The monoisotopic (exact) mass is 248 g/mol. The summed E-state index contributed by atoms with van der Waals surface area (Å²) >= 11 is 6.11. The SMILES string of the molecule is COc1ccc(-c2coc(N)c2C#N)c(Cl)c1. The van der Waals surface area contributed by atoms with Crippen molar-refractivity contribution in [1.82, 2.24) is 0 Å². The molecule has 0 atom stereocenters. The van der Waals surface area contributed by atoms with E-state index in [0.717, 1.165) is 0 Å². The third-order valence-corrected chi connectivity index (χ3v) is 2.71. The largest absolute Gasteiger partial charge is 0.497 e. The van der Waals surface area contributed by atoms with Gasteiger partial charge >= 0.3 is 0 Å². The molecule has 0 radical (unpaired) electrons. The van der Waals surface area contributed by atoms with E-state index < -0.39 is 0 Å². The Bertz CT molecular complexity index is 599. The fourth-order valence-electron chi connectivity index (χ4n) is 1.53. The van der Waals surface area contributed by atoms with Crippen LogP contribution in [0.15, 0.2) is 28.9 Å². The van der Waals surface area contributed by atoms with Crippen LogP contribution in [0.5, 0.6) is 5.75 Å². The molecule has 0 spiro atoms. The summed E-state index contributed by atoms with van der Waals surface area (Å²) in [5, 5.41) is 9.46. The van der Waals surface area contributed by atoms with Crippen LogP contribution in [0.3, 0.4) is 0 Å². The van der Waals surface area contributed by atoms with Crippen molar-refractivity contribution in [1.29, 1.82) is 5.26 Å². The Labute approximate surface area is 103 Å². The van der Waals surface area contributed by atoms with Gasteiger partial charge in [-0.05, 0) is 18.2 Å². The van der Waals surface area contributed by atoms with E-state index in [-0.39, 0.29) is 11.4 Å². The van der Waals surface area contributed by atoms with Crippen molar-refractivity contribution >= 4 is 17.5 Å². The van der Waals surface area contributed by atoms with Gasteiger partial charge in [0.2, 0.25) is 5.88 Å². The molecule has 4 nitrogen and oxygen atoms in total. The Morgan fingerprint density at radius 2 is 2.18 bits per heavy atom. The van der Waals surface area contributed by atoms with E-state index in [0.29, 0.717) is 21.9 Å². The van der Waals surface area contributed by atoms with E-state index in [4.69, 9.17) is 31.8 Å². The molecule has 1 aromatic heterocycles. The van der Waals surface area contributed by atoms with Crippen molar-refractivity contribution in [2.75, 3.05) is 12.8 Å². The zero-order chi connectivity index (χ0) is 12.4. The number of anilines is 1. The van der Waals surface area contributed by atoms with E-state index in [9.17, 15) is 0 Å². The van der Waals surface area contributed by atoms with Crippen LogP contribution in [0, 0.1) is 11.3 Å². The molecule has 2 N–H and O–H groups in total. The van der Waals surface area contributed by atoms with Gasteiger partial charge in [0.05, 0.1) is 12.1 Å². The van der Waals surface area contributed by atoms with E-state index >= 15 is 0 Å². The molecule has 0 aliphatic carbocycles. The molecule has 0 saturated heterocycles. The molecule has 0 saturated carbocycles. The molecule has 0 bridgehead atoms. The van der Waals surface area contributed by atoms with Gasteiger partial charge in [0, 0.05) is 11.1 Å². The topological polar surface area (TPSA) is 72.2 Å². The number of nitrogens with two attached hydrogens (primary N) is 1. The molecule has 2 aromatic rings. The zero-order valence-corrected chi connectivity index (χ0v) is 9.78. The van der Waals surface area contributed by atoms with Gasteiger partial charge in [-0.25, -0.2) is 0 Å². The first-order valence-electron chi connectivity index (χ1n) is 4.78. The van der Waals surface area contributed by atoms with Gasteiger partial charge in [-0.3, -0.25) is 0 Å². The Morgan fingerprint density at radius 3 is 2.76 bits per heavy atom. The Morgan fingerprint density at radius 1 is 1.41 bits per heavy atom. The van der Waals surface area contributed by atoms with Gasteiger partial charge in [-0.1, -0.05) is 11.6 Å². The minimum atomic E-state index is 0.0920. The number of nitrogen functional groups attached to an aromatic ring is 1. The lowest BCUT2D eigenvalue weighted by atomic mass is 10.0. The number of nitriles is 1. The number of methoxy groups -OCH3 is 1. The van der Waals surface area contributed by atoms with Crippen LogP contribution in [0.2, 0.25) is 5.02 Å². The van der Waals surface area contributed by atoms with Crippen LogP contribution in [-0.2, 0) is 0 Å². The number of benzene rings is 1. The molecular weight excluding hydrogens is 240 g/mol. The molecule has 0 aliphatic rings. The molecule has 86 valence electrons. The highest BCUT2D eigenvalue weighted by Crippen LogP contribution is 2.35. The Hall–Kier alpha value is -2.12. The molecule has 5 heteroatoms. The molecular formula is C12H9ClN2O2. The maximum absolute atomic E-state index is 8.98. The number of ether oxygens (including phenoxy) is 1. The van der Waals surface area contributed by atoms with Gasteiger partial charge < -0.3 is 14.9 Å². The molecule has 1 heterocycles. The minimum absolute atomic E-state index is 0.0920. The minimum Gasteiger partial charge on any atom is -0.497 e. The summed E-state index contributed by atoms with van der Waals surface area (Å²) in [6.07, 6.45) is 1.42. The molecule has 0 amide bonds. The van der Waals surface area contributed by atoms with Crippen molar-refractivity contribution in [2.45, 2.75) is 0 Å². The van der Waals surface area contributed by atoms with Gasteiger partial charge in [0.15, 0.2) is 0 Å². The third kappa shape index (κ3) is 1.93. The standard InChI is InChI=1S/C12H9ClN2O2/c1-16-7-2-3-8(11(13)4-7)10-6-17-12(15)9(10)5-14/h2-4,6H,15H2,1H3. The number of nitrogens with zero attached hydrogens (tertiary/aromatic N) is 1. The fraction of sp³-hybridized carbons (Fsp3) is 0.0833. The summed E-state index contributed by atoms with van der Waals surface area (Å²) in [6, 6.07) is 7.17. The van der Waals surface area contributed by atoms with Crippen LogP contribution >= 0.6 is 11.6 Å². The Kier molecular flexibility index (Phi) is 2.94. The lowest BCUT2D eigenvalue weighted by Gasteiger charge is -2.04. The summed E-state index contributed by atoms with van der Waals surface area (Å²) in [5.41, 5.74) is 7.09. The predicted octanol–water partition coefficient (Wildman–Crippen LogP) is 3.06. The van der Waals surface area contributed by atoms with Crippen LogP contribution in [0.1, 0.15) is 5.56 Å². The van der Waals surface area contributed by atoms with Gasteiger partial charge in [0.25, 0.3) is 0 Å². The summed E-state index contributed by atoms with van der Waals surface area (Å²) in [4.78, 5) is 0. The zero-order valence-electron chi connectivity index (χ0n) is 9.03. The maximum Gasteiger partial charge on any atom is 0.208 e. The summed E-state index contributed by atoms with van der Waals surface area (Å²) in [7, 11) is 1.56. The molecule has 0 fully saturated rings. The second-order valence-electron chi connectivity index (χ2n) is 3.35. The van der Waals surface area contributed by atoms with E-state index in [1.165, 1.54) is 6.26 Å².